The zero-order chi connectivity index (χ0) is 11.3. The van der Waals surface area contributed by atoms with Crippen LogP contribution in [0.3, 0.4) is 0 Å². The number of methoxy groups -OCH3 is 1. The molecule has 4 nitrogen and oxygen atoms in total. The molecule has 1 unspecified atom stereocenters. The summed E-state index contributed by atoms with van der Waals surface area (Å²) in [5.41, 5.74) is 0.876. The van der Waals surface area contributed by atoms with E-state index >= 15 is 0 Å². The third-order valence-electron chi connectivity index (χ3n) is 2.14. The van der Waals surface area contributed by atoms with E-state index in [9.17, 15) is 0 Å². The number of hydrogen-bond acceptors (Lipinski definition) is 3. The Balaban J connectivity index is 2.25. The van der Waals surface area contributed by atoms with Crippen molar-refractivity contribution >= 4 is 11.6 Å². The Morgan fingerprint density at radius 2 is 2.40 bits per heavy atom. The highest BCUT2D eigenvalue weighted by Crippen LogP contribution is 2.11. The van der Waals surface area contributed by atoms with Crippen molar-refractivity contribution in [1.82, 2.24) is 15.1 Å². The minimum absolute atomic E-state index is 0.363. The molecule has 0 aliphatic heterocycles. The molecule has 0 radical (unpaired) electrons. The summed E-state index contributed by atoms with van der Waals surface area (Å²) in [5, 5.41) is 8.32. The van der Waals surface area contributed by atoms with E-state index in [1.165, 1.54) is 0 Å². The van der Waals surface area contributed by atoms with E-state index in [0.29, 0.717) is 6.04 Å². The highest BCUT2D eigenvalue weighted by molar-refractivity contribution is 6.31. The average molecular weight is 232 g/mol. The second-order valence-corrected chi connectivity index (χ2v) is 4.04. The molecule has 1 N–H and O–H groups in total. The highest BCUT2D eigenvalue weighted by Gasteiger charge is 2.02. The molecule has 1 heterocycles. The molecule has 1 aromatic rings. The van der Waals surface area contributed by atoms with Gasteiger partial charge in [-0.2, -0.15) is 5.10 Å². The average Bonchev–Trinajstić information content (AvgIpc) is 2.46. The van der Waals surface area contributed by atoms with Crippen LogP contribution in [0.15, 0.2) is 6.20 Å². The molecule has 0 fully saturated rings. The molecule has 5 heteroatoms. The van der Waals surface area contributed by atoms with Crippen LogP contribution in [0.1, 0.15) is 12.6 Å². The SMILES string of the molecule is COCC(C)NCCn1cc(Cl)c(C)n1. The molecule has 86 valence electrons. The van der Waals surface area contributed by atoms with E-state index in [1.807, 2.05) is 17.8 Å². The van der Waals surface area contributed by atoms with Crippen molar-refractivity contribution < 1.29 is 4.74 Å². The standard InChI is InChI=1S/C10H18ClN3O/c1-8(7-15-3)12-4-5-14-6-10(11)9(2)13-14/h6,8,12H,4-5,7H2,1-3H3. The fourth-order valence-electron chi connectivity index (χ4n) is 1.34. The maximum atomic E-state index is 5.90. The minimum Gasteiger partial charge on any atom is -0.383 e. The summed E-state index contributed by atoms with van der Waals surface area (Å²) < 4.78 is 6.87. The van der Waals surface area contributed by atoms with E-state index in [4.69, 9.17) is 16.3 Å². The molecule has 0 spiro atoms. The lowest BCUT2D eigenvalue weighted by Crippen LogP contribution is -2.32. The minimum atomic E-state index is 0.363. The van der Waals surface area contributed by atoms with Gasteiger partial charge in [-0.15, -0.1) is 0 Å². The summed E-state index contributed by atoms with van der Waals surface area (Å²) in [6.07, 6.45) is 1.85. The Bertz CT molecular complexity index is 281. The Labute approximate surface area is 95.6 Å². The van der Waals surface area contributed by atoms with Gasteiger partial charge in [-0.25, -0.2) is 0 Å². The van der Waals surface area contributed by atoms with Crippen LogP contribution in [0.5, 0.6) is 0 Å². The van der Waals surface area contributed by atoms with Gasteiger partial charge in [-0.3, -0.25) is 4.68 Å². The Kier molecular flexibility index (Phi) is 5.08. The third kappa shape index (κ3) is 4.20. The van der Waals surface area contributed by atoms with Gasteiger partial charge in [0.2, 0.25) is 0 Å². The summed E-state index contributed by atoms with van der Waals surface area (Å²) in [5.74, 6) is 0. The summed E-state index contributed by atoms with van der Waals surface area (Å²) in [6, 6.07) is 0.363. The van der Waals surface area contributed by atoms with Gasteiger partial charge in [-0.05, 0) is 13.8 Å². The van der Waals surface area contributed by atoms with Gasteiger partial charge in [-0.1, -0.05) is 11.6 Å². The monoisotopic (exact) mass is 231 g/mol. The fourth-order valence-corrected chi connectivity index (χ4v) is 1.49. The van der Waals surface area contributed by atoms with Crippen molar-refractivity contribution in [3.05, 3.63) is 16.9 Å². The molecule has 0 amide bonds. The molecular formula is C10H18ClN3O. The first-order valence-corrected chi connectivity index (χ1v) is 5.43. The zero-order valence-electron chi connectivity index (χ0n) is 9.46. The Hall–Kier alpha value is -0.580. The normalized spacial score (nSPS) is 13.1. The van der Waals surface area contributed by atoms with Gasteiger partial charge < -0.3 is 10.1 Å². The summed E-state index contributed by atoms with van der Waals surface area (Å²) >= 11 is 5.90. The van der Waals surface area contributed by atoms with E-state index in [0.717, 1.165) is 30.4 Å². The van der Waals surface area contributed by atoms with Gasteiger partial charge in [0.1, 0.15) is 0 Å². The predicted molar refractivity (Wildman–Crippen MR) is 61.3 cm³/mol. The van der Waals surface area contributed by atoms with Crippen LogP contribution in [0, 0.1) is 6.92 Å². The highest BCUT2D eigenvalue weighted by atomic mass is 35.5. The van der Waals surface area contributed by atoms with Crippen LogP contribution >= 0.6 is 11.6 Å². The molecule has 0 aromatic carbocycles. The van der Waals surface area contributed by atoms with Gasteiger partial charge in [0.25, 0.3) is 0 Å². The summed E-state index contributed by atoms with van der Waals surface area (Å²) in [7, 11) is 1.70. The van der Waals surface area contributed by atoms with Gasteiger partial charge >= 0.3 is 0 Å². The van der Waals surface area contributed by atoms with Crippen molar-refractivity contribution in [2.75, 3.05) is 20.3 Å². The first-order chi connectivity index (χ1) is 7.13. The fraction of sp³-hybridized carbons (Fsp3) is 0.700. The number of hydrogen-bond donors (Lipinski definition) is 1. The van der Waals surface area contributed by atoms with Crippen LogP contribution in [0.25, 0.3) is 0 Å². The zero-order valence-corrected chi connectivity index (χ0v) is 10.2. The Morgan fingerprint density at radius 1 is 1.67 bits per heavy atom. The molecule has 1 rings (SSSR count). The molecular weight excluding hydrogens is 214 g/mol. The maximum Gasteiger partial charge on any atom is 0.0814 e. The lowest BCUT2D eigenvalue weighted by Gasteiger charge is -2.12. The van der Waals surface area contributed by atoms with E-state index in [1.54, 1.807) is 7.11 Å². The van der Waals surface area contributed by atoms with Crippen molar-refractivity contribution in [3.63, 3.8) is 0 Å². The lowest BCUT2D eigenvalue weighted by atomic mass is 10.3. The van der Waals surface area contributed by atoms with E-state index in [2.05, 4.69) is 17.3 Å². The first-order valence-electron chi connectivity index (χ1n) is 5.05. The number of ether oxygens (including phenoxy) is 1. The number of nitrogens with one attached hydrogen (secondary N) is 1. The van der Waals surface area contributed by atoms with Gasteiger partial charge in [0.05, 0.1) is 23.9 Å². The summed E-state index contributed by atoms with van der Waals surface area (Å²) in [6.45, 7) is 6.40. The lowest BCUT2D eigenvalue weighted by molar-refractivity contribution is 0.171. The molecule has 15 heavy (non-hydrogen) atoms. The largest absolute Gasteiger partial charge is 0.383 e. The molecule has 0 bridgehead atoms. The third-order valence-corrected chi connectivity index (χ3v) is 2.51. The van der Waals surface area contributed by atoms with Gasteiger partial charge in [0, 0.05) is 25.9 Å². The number of aryl methyl sites for hydroxylation is 1. The van der Waals surface area contributed by atoms with E-state index < -0.39 is 0 Å². The number of halogens is 1. The van der Waals surface area contributed by atoms with Gasteiger partial charge in [0.15, 0.2) is 0 Å². The molecule has 1 atom stereocenters. The van der Waals surface area contributed by atoms with Crippen molar-refractivity contribution in [1.29, 1.82) is 0 Å². The number of nitrogens with zero attached hydrogens (tertiary/aromatic N) is 2. The van der Waals surface area contributed by atoms with Crippen molar-refractivity contribution in [2.45, 2.75) is 26.4 Å². The van der Waals surface area contributed by atoms with Crippen molar-refractivity contribution in [3.8, 4) is 0 Å². The number of rotatable bonds is 6. The molecule has 0 saturated heterocycles. The van der Waals surface area contributed by atoms with Crippen LogP contribution in [-0.4, -0.2) is 36.1 Å². The quantitative estimate of drug-likeness (QED) is 0.806. The van der Waals surface area contributed by atoms with Crippen LogP contribution < -0.4 is 5.32 Å². The second-order valence-electron chi connectivity index (χ2n) is 3.64. The number of aromatic nitrogens is 2. The smallest absolute Gasteiger partial charge is 0.0814 e. The van der Waals surface area contributed by atoms with Crippen LogP contribution in [0.4, 0.5) is 0 Å². The molecule has 0 aliphatic rings. The Morgan fingerprint density at radius 3 is 2.93 bits per heavy atom. The van der Waals surface area contributed by atoms with Crippen LogP contribution in [0.2, 0.25) is 5.02 Å². The molecule has 0 aliphatic carbocycles. The maximum absolute atomic E-state index is 5.90. The molecule has 0 saturated carbocycles. The summed E-state index contributed by atoms with van der Waals surface area (Å²) in [4.78, 5) is 0. The topological polar surface area (TPSA) is 39.1 Å². The first kappa shape index (κ1) is 12.5. The van der Waals surface area contributed by atoms with Crippen LogP contribution in [-0.2, 0) is 11.3 Å². The molecule has 1 aromatic heterocycles. The van der Waals surface area contributed by atoms with Crippen molar-refractivity contribution in [2.24, 2.45) is 0 Å². The second kappa shape index (κ2) is 6.10. The van der Waals surface area contributed by atoms with E-state index in [-0.39, 0.29) is 0 Å². The predicted octanol–water partition coefficient (Wildman–Crippen LogP) is 1.47.